The Morgan fingerprint density at radius 2 is 1.97 bits per heavy atom. The van der Waals surface area contributed by atoms with Gasteiger partial charge in [-0.15, -0.1) is 0 Å². The molecule has 0 radical (unpaired) electrons. The Bertz CT molecular complexity index is 1300. The Labute approximate surface area is 207 Å². The molecule has 1 aromatic heterocycles. The Hall–Kier alpha value is -3.57. The second kappa shape index (κ2) is 11.4. The fraction of sp³-hybridized carbons (Fsp3) is 0.357. The molecule has 0 spiro atoms. The van der Waals surface area contributed by atoms with E-state index in [4.69, 9.17) is 4.74 Å². The molecular formula is C28H27F3N2O3. The van der Waals surface area contributed by atoms with Gasteiger partial charge in [0, 0.05) is 23.6 Å². The van der Waals surface area contributed by atoms with Gasteiger partial charge in [-0.05, 0) is 74.0 Å². The maximum absolute atomic E-state index is 14.6. The summed E-state index contributed by atoms with van der Waals surface area (Å²) in [6.45, 7) is 1.32. The van der Waals surface area contributed by atoms with E-state index >= 15 is 0 Å². The molecule has 2 unspecified atom stereocenters. The molecule has 2 heterocycles. The Morgan fingerprint density at radius 3 is 2.69 bits per heavy atom. The van der Waals surface area contributed by atoms with Gasteiger partial charge in [0.15, 0.2) is 0 Å². The number of likely N-dealkylation sites (tertiary alicyclic amines) is 1. The molecule has 4 rings (SSSR count). The minimum absolute atomic E-state index is 0.0327. The Kier molecular flexibility index (Phi) is 8.11. The molecule has 1 fully saturated rings. The van der Waals surface area contributed by atoms with Crippen molar-refractivity contribution < 1.29 is 27.8 Å². The van der Waals surface area contributed by atoms with Crippen molar-refractivity contribution in [2.75, 3.05) is 26.7 Å². The highest BCUT2D eigenvalue weighted by atomic mass is 19.1. The van der Waals surface area contributed by atoms with Gasteiger partial charge in [0.1, 0.15) is 23.2 Å². The zero-order chi connectivity index (χ0) is 25.7. The number of rotatable bonds is 7. The number of piperidine rings is 1. The molecular weight excluding hydrogens is 469 g/mol. The van der Waals surface area contributed by atoms with Crippen LogP contribution < -0.4 is 4.74 Å². The molecule has 3 aromatic rings. The number of aliphatic carboxylic acids is 1. The maximum Gasteiger partial charge on any atom is 0.308 e. The Morgan fingerprint density at radius 1 is 1.19 bits per heavy atom. The molecule has 0 saturated carbocycles. The first-order valence-corrected chi connectivity index (χ1v) is 11.9. The van der Waals surface area contributed by atoms with Crippen LogP contribution in [0, 0.1) is 41.1 Å². The SMILES string of the molecule is COc1ccc2ncc(F)c(CCCC3CCN(CC#Cc4cc(F)cc(F)c4)CC3C(=O)O)c2c1. The zero-order valence-electron chi connectivity index (χ0n) is 19.9. The van der Waals surface area contributed by atoms with Crippen LogP contribution in [0.25, 0.3) is 10.9 Å². The molecule has 0 amide bonds. The third-order valence-electron chi connectivity index (χ3n) is 6.69. The average Bonchev–Trinajstić information content (AvgIpc) is 2.85. The third kappa shape index (κ3) is 6.16. The number of benzene rings is 2. The molecule has 1 saturated heterocycles. The summed E-state index contributed by atoms with van der Waals surface area (Å²) >= 11 is 0. The van der Waals surface area contributed by atoms with Crippen molar-refractivity contribution >= 4 is 16.9 Å². The van der Waals surface area contributed by atoms with Gasteiger partial charge in [-0.25, -0.2) is 13.2 Å². The van der Waals surface area contributed by atoms with Gasteiger partial charge in [0.25, 0.3) is 0 Å². The number of nitrogens with zero attached hydrogens (tertiary/aromatic N) is 2. The number of carbonyl (C=O) groups is 1. The average molecular weight is 497 g/mol. The minimum Gasteiger partial charge on any atom is -0.497 e. The standard InChI is InChI=1S/C28H27F3N2O3/c1-36-22-7-8-27-24(15-22)23(26(31)16-32-27)6-2-5-19-9-11-33(17-25(19)28(34)35)10-3-4-18-12-20(29)14-21(30)13-18/h7-8,12-16,19,25H,2,5-6,9-11,17H2,1H3,(H,34,35). The fourth-order valence-corrected chi connectivity index (χ4v) is 4.84. The van der Waals surface area contributed by atoms with Crippen molar-refractivity contribution in [1.82, 2.24) is 9.88 Å². The molecule has 2 aromatic carbocycles. The van der Waals surface area contributed by atoms with Crippen LogP contribution in [-0.4, -0.2) is 47.7 Å². The third-order valence-corrected chi connectivity index (χ3v) is 6.69. The summed E-state index contributed by atoms with van der Waals surface area (Å²) < 4.78 is 46.5. The predicted molar refractivity (Wildman–Crippen MR) is 130 cm³/mol. The van der Waals surface area contributed by atoms with Gasteiger partial charge >= 0.3 is 5.97 Å². The molecule has 188 valence electrons. The molecule has 0 aliphatic carbocycles. The largest absolute Gasteiger partial charge is 0.497 e. The first-order valence-electron chi connectivity index (χ1n) is 11.9. The smallest absolute Gasteiger partial charge is 0.308 e. The summed E-state index contributed by atoms with van der Waals surface area (Å²) in [4.78, 5) is 18.1. The van der Waals surface area contributed by atoms with E-state index in [9.17, 15) is 23.1 Å². The second-order valence-electron chi connectivity index (χ2n) is 9.05. The highest BCUT2D eigenvalue weighted by molar-refractivity contribution is 5.83. The van der Waals surface area contributed by atoms with Gasteiger partial charge < -0.3 is 9.84 Å². The second-order valence-corrected chi connectivity index (χ2v) is 9.05. The van der Waals surface area contributed by atoms with E-state index in [0.717, 1.165) is 18.2 Å². The van der Waals surface area contributed by atoms with Crippen molar-refractivity contribution in [3.05, 3.63) is 71.2 Å². The summed E-state index contributed by atoms with van der Waals surface area (Å²) in [5.41, 5.74) is 1.49. The van der Waals surface area contributed by atoms with E-state index < -0.39 is 23.5 Å². The number of halogens is 3. The number of methoxy groups -OCH3 is 1. The van der Waals surface area contributed by atoms with E-state index in [1.165, 1.54) is 6.20 Å². The van der Waals surface area contributed by atoms with Crippen LogP contribution in [0.15, 0.2) is 42.6 Å². The first-order chi connectivity index (χ1) is 17.3. The lowest BCUT2D eigenvalue weighted by Gasteiger charge is -2.35. The van der Waals surface area contributed by atoms with Crippen molar-refractivity contribution in [3.8, 4) is 17.6 Å². The lowest BCUT2D eigenvalue weighted by molar-refractivity contribution is -0.146. The molecule has 8 heteroatoms. The highest BCUT2D eigenvalue weighted by Crippen LogP contribution is 2.30. The summed E-state index contributed by atoms with van der Waals surface area (Å²) in [7, 11) is 1.55. The number of fused-ring (bicyclic) bond motifs is 1. The fourth-order valence-electron chi connectivity index (χ4n) is 4.84. The number of carboxylic acids is 1. The number of carboxylic acid groups (broad SMARTS) is 1. The molecule has 5 nitrogen and oxygen atoms in total. The number of ether oxygens (including phenoxy) is 1. The van der Waals surface area contributed by atoms with Crippen LogP contribution >= 0.6 is 0 Å². The number of aryl methyl sites for hydroxylation is 1. The predicted octanol–water partition coefficient (Wildman–Crippen LogP) is 5.06. The molecule has 1 N–H and O–H groups in total. The molecule has 36 heavy (non-hydrogen) atoms. The quantitative estimate of drug-likeness (QED) is 0.464. The molecule has 1 aliphatic rings. The van der Waals surface area contributed by atoms with Crippen molar-refractivity contribution in [1.29, 1.82) is 0 Å². The zero-order valence-corrected chi connectivity index (χ0v) is 19.9. The highest BCUT2D eigenvalue weighted by Gasteiger charge is 2.33. The van der Waals surface area contributed by atoms with Crippen LogP contribution in [0.2, 0.25) is 0 Å². The lowest BCUT2D eigenvalue weighted by atomic mass is 9.81. The van der Waals surface area contributed by atoms with Crippen LogP contribution in [0.4, 0.5) is 13.2 Å². The van der Waals surface area contributed by atoms with Crippen molar-refractivity contribution in [2.45, 2.75) is 25.7 Å². The van der Waals surface area contributed by atoms with Crippen LogP contribution in [0.5, 0.6) is 5.75 Å². The van der Waals surface area contributed by atoms with Crippen LogP contribution in [-0.2, 0) is 11.2 Å². The summed E-state index contributed by atoms with van der Waals surface area (Å²) in [6.07, 6.45) is 3.68. The summed E-state index contributed by atoms with van der Waals surface area (Å²) in [6, 6.07) is 8.46. The topological polar surface area (TPSA) is 62.7 Å². The van der Waals surface area contributed by atoms with E-state index in [-0.39, 0.29) is 17.3 Å². The number of pyridine rings is 1. The number of hydrogen-bond donors (Lipinski definition) is 1. The van der Waals surface area contributed by atoms with Gasteiger partial charge in [0.2, 0.25) is 0 Å². The van der Waals surface area contributed by atoms with Crippen LogP contribution in [0.3, 0.4) is 0 Å². The number of hydrogen-bond acceptors (Lipinski definition) is 4. The van der Waals surface area contributed by atoms with E-state index in [0.29, 0.717) is 67.5 Å². The molecule has 0 bridgehead atoms. The molecule has 2 atom stereocenters. The Balaban J connectivity index is 1.37. The summed E-state index contributed by atoms with van der Waals surface area (Å²) in [5, 5.41) is 10.5. The first kappa shape index (κ1) is 25.5. The minimum atomic E-state index is -0.866. The van der Waals surface area contributed by atoms with Crippen molar-refractivity contribution in [2.24, 2.45) is 11.8 Å². The summed E-state index contributed by atoms with van der Waals surface area (Å²) in [5.74, 6) is 3.04. The van der Waals surface area contributed by atoms with Crippen LogP contribution in [0.1, 0.15) is 30.4 Å². The monoisotopic (exact) mass is 496 g/mol. The maximum atomic E-state index is 14.6. The van der Waals surface area contributed by atoms with E-state index in [2.05, 4.69) is 16.8 Å². The van der Waals surface area contributed by atoms with Gasteiger partial charge in [0.05, 0.1) is 31.3 Å². The normalized spacial score (nSPS) is 18.0. The van der Waals surface area contributed by atoms with Gasteiger partial charge in [-0.3, -0.25) is 14.7 Å². The van der Waals surface area contributed by atoms with Crippen molar-refractivity contribution in [3.63, 3.8) is 0 Å². The number of aromatic nitrogens is 1. The molecule has 1 aliphatic heterocycles. The van der Waals surface area contributed by atoms with Gasteiger partial charge in [-0.2, -0.15) is 0 Å². The van der Waals surface area contributed by atoms with E-state index in [1.54, 1.807) is 25.3 Å². The lowest BCUT2D eigenvalue weighted by Crippen LogP contribution is -2.44. The van der Waals surface area contributed by atoms with E-state index in [1.807, 2.05) is 4.90 Å². The van der Waals surface area contributed by atoms with Gasteiger partial charge in [-0.1, -0.05) is 11.8 Å².